The van der Waals surface area contributed by atoms with Crippen LogP contribution in [0.1, 0.15) is 112 Å². The van der Waals surface area contributed by atoms with Crippen LogP contribution in [0.15, 0.2) is 97.7 Å². The van der Waals surface area contributed by atoms with Crippen molar-refractivity contribution in [3.63, 3.8) is 0 Å². The summed E-state index contributed by atoms with van der Waals surface area (Å²) < 4.78 is 8.50. The summed E-state index contributed by atoms with van der Waals surface area (Å²) in [6, 6.07) is 20.0. The molecule has 8 rings (SSSR count). The van der Waals surface area contributed by atoms with Gasteiger partial charge in [0.1, 0.15) is 11.4 Å². The summed E-state index contributed by atoms with van der Waals surface area (Å²) in [5.41, 5.74) is 2.60. The van der Waals surface area contributed by atoms with E-state index >= 15 is 0 Å². The van der Waals surface area contributed by atoms with Crippen LogP contribution in [0.3, 0.4) is 0 Å². The van der Waals surface area contributed by atoms with Gasteiger partial charge in [0.2, 0.25) is 0 Å². The van der Waals surface area contributed by atoms with E-state index in [1.807, 2.05) is 69.8 Å². The van der Waals surface area contributed by atoms with Crippen molar-refractivity contribution in [1.29, 1.82) is 0 Å². The van der Waals surface area contributed by atoms with E-state index < -0.39 is 0 Å². The van der Waals surface area contributed by atoms with Crippen LogP contribution < -0.4 is 15.4 Å². The lowest BCUT2D eigenvalue weighted by atomic mass is 9.91. The smallest absolute Gasteiger partial charge is 0.261 e. The van der Waals surface area contributed by atoms with E-state index in [2.05, 4.69) is 20.6 Å². The second-order valence-corrected chi connectivity index (χ2v) is 18.6. The molecule has 4 amide bonds. The average Bonchev–Trinajstić information content (AvgIpc) is 4.00. The summed E-state index contributed by atoms with van der Waals surface area (Å²) in [6.07, 6.45) is 19.2. The molecule has 0 atom stereocenters. The fourth-order valence-corrected chi connectivity index (χ4v) is 9.85. The van der Waals surface area contributed by atoms with Gasteiger partial charge < -0.3 is 29.6 Å². The number of nitrogens with zero attached hydrogens (tertiary/aromatic N) is 5. The van der Waals surface area contributed by atoms with Gasteiger partial charge in [-0.05, 0) is 117 Å². The van der Waals surface area contributed by atoms with Crippen molar-refractivity contribution in [2.24, 2.45) is 11.8 Å². The second-order valence-electron chi connectivity index (χ2n) is 16.7. The van der Waals surface area contributed by atoms with Gasteiger partial charge in [-0.25, -0.2) is 4.98 Å². The maximum absolute atomic E-state index is 12.9. The normalized spacial score (nSPS) is 14.5. The number of likely N-dealkylation sites (tertiary alicyclic amines) is 2. The van der Waals surface area contributed by atoms with E-state index in [1.165, 1.54) is 11.3 Å². The summed E-state index contributed by atoms with van der Waals surface area (Å²) in [5, 5.41) is 8.05. The summed E-state index contributed by atoms with van der Waals surface area (Å²) in [7, 11) is 0. The third kappa shape index (κ3) is 13.1. The SMILES string of the molecule is CCOc1ccccc1C(=O)N1CCC(CCCCNC(=O)c2ccc3nccn3c2)CC1.O=C(NCCCCC1CCN(C(=O)c2cc(Cl)ccc2Cl)CC1)c1cc2ccncc2s1. The molecule has 15 heteroatoms. The summed E-state index contributed by atoms with van der Waals surface area (Å²) in [5.74, 6) is 1.86. The van der Waals surface area contributed by atoms with Gasteiger partial charge >= 0.3 is 0 Å². The fourth-order valence-electron chi connectivity index (χ4n) is 8.54. The number of rotatable bonds is 16. The van der Waals surface area contributed by atoms with Gasteiger partial charge in [-0.15, -0.1) is 11.3 Å². The highest BCUT2D eigenvalue weighted by Gasteiger charge is 2.26. The van der Waals surface area contributed by atoms with Gasteiger partial charge in [-0.1, -0.05) is 61.0 Å². The van der Waals surface area contributed by atoms with Gasteiger partial charge in [-0.2, -0.15) is 0 Å². The molecule has 0 spiro atoms. The maximum atomic E-state index is 12.9. The predicted octanol–water partition coefficient (Wildman–Crippen LogP) is 10.2. The molecule has 6 aromatic rings. The highest BCUT2D eigenvalue weighted by molar-refractivity contribution is 7.20. The molecule has 12 nitrogen and oxygen atoms in total. The fraction of sp³-hybridized carbons (Fsp3) is 0.400. The lowest BCUT2D eigenvalue weighted by molar-refractivity contribution is 0.0675. The van der Waals surface area contributed by atoms with E-state index in [1.54, 1.807) is 49.1 Å². The molecule has 4 aromatic heterocycles. The number of unbranched alkanes of at least 4 members (excludes halogenated alkanes) is 2. The summed E-state index contributed by atoms with van der Waals surface area (Å²) >= 11 is 13.7. The van der Waals surface area contributed by atoms with E-state index in [4.69, 9.17) is 27.9 Å². The summed E-state index contributed by atoms with van der Waals surface area (Å²) in [4.78, 5) is 63.3. The zero-order valence-corrected chi connectivity index (χ0v) is 39.2. The van der Waals surface area contributed by atoms with Crippen LogP contribution in [0.5, 0.6) is 5.75 Å². The minimum Gasteiger partial charge on any atom is -0.493 e. The van der Waals surface area contributed by atoms with Gasteiger partial charge in [0.05, 0.1) is 37.9 Å². The Balaban J connectivity index is 0.000000194. The number of fused-ring (bicyclic) bond motifs is 2. The molecule has 2 saturated heterocycles. The lowest BCUT2D eigenvalue weighted by Gasteiger charge is -2.32. The minimum absolute atomic E-state index is 0.0160. The van der Waals surface area contributed by atoms with Crippen LogP contribution in [-0.4, -0.2) is 93.7 Å². The molecule has 0 saturated carbocycles. The number of carbonyl (C=O) groups is 4. The molecule has 2 N–H and O–H groups in total. The van der Waals surface area contributed by atoms with Gasteiger partial charge in [-0.3, -0.25) is 24.2 Å². The van der Waals surface area contributed by atoms with Crippen molar-refractivity contribution in [1.82, 2.24) is 34.8 Å². The Hall–Kier alpha value is -5.50. The second kappa shape index (κ2) is 23.6. The Labute approximate surface area is 394 Å². The number of halogens is 2. The third-order valence-corrected chi connectivity index (χ3v) is 13.9. The van der Waals surface area contributed by atoms with Crippen molar-refractivity contribution in [2.45, 2.75) is 71.1 Å². The Morgan fingerprint density at radius 3 is 2.09 bits per heavy atom. The Morgan fingerprint density at radius 1 is 0.754 bits per heavy atom. The quantitative estimate of drug-likeness (QED) is 0.0922. The van der Waals surface area contributed by atoms with Crippen LogP contribution in [0.4, 0.5) is 0 Å². The maximum Gasteiger partial charge on any atom is 0.261 e. The Morgan fingerprint density at radius 2 is 1.42 bits per heavy atom. The molecule has 342 valence electrons. The lowest BCUT2D eigenvalue weighted by Crippen LogP contribution is -2.38. The first-order chi connectivity index (χ1) is 31.7. The van der Waals surface area contributed by atoms with Crippen molar-refractivity contribution >= 4 is 73.9 Å². The van der Waals surface area contributed by atoms with E-state index in [0.717, 1.165) is 111 Å². The third-order valence-electron chi connectivity index (χ3n) is 12.2. The number of amides is 4. The first-order valence-corrected chi connectivity index (χ1v) is 24.3. The molecule has 2 fully saturated rings. The average molecular weight is 939 g/mol. The zero-order valence-electron chi connectivity index (χ0n) is 36.9. The molecule has 0 bridgehead atoms. The molecular formula is C50H57Cl2N7O5S. The molecular weight excluding hydrogens is 882 g/mol. The monoisotopic (exact) mass is 937 g/mol. The Kier molecular flexibility index (Phi) is 17.2. The predicted molar refractivity (Wildman–Crippen MR) is 259 cm³/mol. The number of piperidine rings is 2. The van der Waals surface area contributed by atoms with Crippen molar-refractivity contribution in [3.8, 4) is 5.75 Å². The van der Waals surface area contributed by atoms with Gasteiger partial charge in [0.25, 0.3) is 23.6 Å². The number of carbonyl (C=O) groups excluding carboxylic acids is 4. The molecule has 0 unspecified atom stereocenters. The van der Waals surface area contributed by atoms with Crippen LogP contribution in [-0.2, 0) is 0 Å². The number of aromatic nitrogens is 3. The molecule has 2 aliphatic rings. The molecule has 65 heavy (non-hydrogen) atoms. The Bertz CT molecular complexity index is 2510. The van der Waals surface area contributed by atoms with E-state index in [0.29, 0.717) is 64.0 Å². The van der Waals surface area contributed by atoms with Crippen LogP contribution in [0.25, 0.3) is 15.7 Å². The standard InChI is InChI=1S/C26H32N4O3.C24H25Cl2N3O2S/c1-2-33-23-9-4-3-8-22(23)26(32)29-16-12-20(13-17-29)7-5-6-14-28-25(31)21-10-11-24-27-15-18-30(24)19-21;25-18-4-5-20(26)19(14-18)24(31)29-11-7-16(8-12-29)3-1-2-9-28-23(30)21-13-17-6-10-27-15-22(17)32-21/h3-4,8-11,15,18-20H,2,5-7,12-14,16-17H2,1H3,(H,28,31);4-6,10,13-16H,1-3,7-9,11-12H2,(H,28,30). The molecule has 2 aliphatic heterocycles. The highest BCUT2D eigenvalue weighted by atomic mass is 35.5. The van der Waals surface area contributed by atoms with Crippen molar-refractivity contribution < 1.29 is 23.9 Å². The molecule has 6 heterocycles. The van der Waals surface area contributed by atoms with Crippen LogP contribution >= 0.6 is 34.5 Å². The topological polar surface area (TPSA) is 138 Å². The van der Waals surface area contributed by atoms with E-state index in [9.17, 15) is 19.2 Å². The van der Waals surface area contributed by atoms with Crippen LogP contribution in [0, 0.1) is 11.8 Å². The van der Waals surface area contributed by atoms with Crippen molar-refractivity contribution in [2.75, 3.05) is 45.9 Å². The minimum atomic E-state index is -0.0512. The number of hydrogen-bond donors (Lipinski definition) is 2. The van der Waals surface area contributed by atoms with Gasteiger partial charge in [0.15, 0.2) is 0 Å². The number of nitrogens with one attached hydrogen (secondary N) is 2. The first-order valence-electron chi connectivity index (χ1n) is 22.7. The highest BCUT2D eigenvalue weighted by Crippen LogP contribution is 2.29. The molecule has 0 radical (unpaired) electrons. The summed E-state index contributed by atoms with van der Waals surface area (Å²) in [6.45, 7) is 6.88. The van der Waals surface area contributed by atoms with Gasteiger partial charge in [0, 0.05) is 75.3 Å². The number of thiophene rings is 1. The number of benzene rings is 2. The van der Waals surface area contributed by atoms with E-state index in [-0.39, 0.29) is 23.6 Å². The number of para-hydroxylation sites is 1. The number of imidazole rings is 1. The number of pyridine rings is 2. The largest absolute Gasteiger partial charge is 0.493 e. The number of ether oxygens (including phenoxy) is 1. The number of hydrogen-bond acceptors (Lipinski definition) is 8. The first kappa shape index (κ1) is 47.5. The van der Waals surface area contributed by atoms with Crippen molar-refractivity contribution in [3.05, 3.63) is 129 Å². The molecule has 2 aromatic carbocycles. The zero-order chi connectivity index (χ0) is 45.5. The molecule has 0 aliphatic carbocycles. The van der Waals surface area contributed by atoms with Crippen LogP contribution in [0.2, 0.25) is 10.0 Å².